The minimum atomic E-state index is -0.0425. The van der Waals surface area contributed by atoms with Gasteiger partial charge < -0.3 is 16.0 Å². The van der Waals surface area contributed by atoms with Gasteiger partial charge in [0.25, 0.3) is 5.91 Å². The van der Waals surface area contributed by atoms with Crippen molar-refractivity contribution in [2.45, 2.75) is 33.4 Å². The van der Waals surface area contributed by atoms with E-state index in [0.717, 1.165) is 24.5 Å². The first-order valence-corrected chi connectivity index (χ1v) is 9.06. The van der Waals surface area contributed by atoms with Crippen LogP contribution in [0.4, 0.5) is 0 Å². The van der Waals surface area contributed by atoms with Crippen molar-refractivity contribution in [1.29, 1.82) is 0 Å². The van der Waals surface area contributed by atoms with Gasteiger partial charge in [0.2, 0.25) is 0 Å². The topological polar surface area (TPSA) is 65.5 Å². The molecule has 0 saturated carbocycles. The number of hydrogen-bond donors (Lipinski definition) is 3. The van der Waals surface area contributed by atoms with Crippen molar-refractivity contribution in [3.63, 3.8) is 0 Å². The number of guanidine groups is 1. The van der Waals surface area contributed by atoms with E-state index in [9.17, 15) is 4.79 Å². The van der Waals surface area contributed by atoms with Gasteiger partial charge in [-0.15, -0.1) is 24.0 Å². The molecule has 2 rings (SSSR count). The number of carbonyl (C=O) groups is 1. The normalized spacial score (nSPS) is 10.7. The number of carbonyl (C=O) groups excluding carboxylic acids is 1. The van der Waals surface area contributed by atoms with Gasteiger partial charge in [-0.1, -0.05) is 43.3 Å². The number of nitrogens with one attached hydrogen (secondary N) is 3. The predicted octanol–water partition coefficient (Wildman–Crippen LogP) is 3.48. The van der Waals surface area contributed by atoms with Crippen molar-refractivity contribution < 1.29 is 4.79 Å². The third kappa shape index (κ3) is 7.21. The van der Waals surface area contributed by atoms with E-state index in [4.69, 9.17) is 0 Å². The van der Waals surface area contributed by atoms with Crippen LogP contribution < -0.4 is 16.0 Å². The van der Waals surface area contributed by atoms with E-state index >= 15 is 0 Å². The number of aliphatic imine (C=N–C) groups is 1. The highest BCUT2D eigenvalue weighted by Gasteiger charge is 2.05. The number of benzene rings is 2. The third-order valence-electron chi connectivity index (χ3n) is 4.18. The Hall–Kier alpha value is -2.09. The van der Waals surface area contributed by atoms with Crippen molar-refractivity contribution in [3.8, 4) is 0 Å². The highest BCUT2D eigenvalue weighted by Crippen LogP contribution is 2.09. The Kier molecular flexibility index (Phi) is 10.5. The fourth-order valence-corrected chi connectivity index (χ4v) is 2.70. The number of aryl methyl sites for hydroxylation is 1. The maximum Gasteiger partial charge on any atom is 0.251 e. The van der Waals surface area contributed by atoms with Gasteiger partial charge in [-0.05, 0) is 42.2 Å². The van der Waals surface area contributed by atoms with Crippen molar-refractivity contribution in [2.24, 2.45) is 4.99 Å². The van der Waals surface area contributed by atoms with Gasteiger partial charge in [0.1, 0.15) is 0 Å². The monoisotopic (exact) mass is 480 g/mol. The number of rotatable bonds is 7. The third-order valence-corrected chi connectivity index (χ3v) is 4.18. The number of halogens is 1. The van der Waals surface area contributed by atoms with E-state index in [-0.39, 0.29) is 29.9 Å². The van der Waals surface area contributed by atoms with Crippen LogP contribution in [0.1, 0.15) is 40.9 Å². The summed E-state index contributed by atoms with van der Waals surface area (Å²) in [6, 6.07) is 16.0. The number of hydrogen-bond acceptors (Lipinski definition) is 2. The summed E-state index contributed by atoms with van der Waals surface area (Å²) < 4.78 is 0. The lowest BCUT2D eigenvalue weighted by Crippen LogP contribution is -2.36. The Morgan fingerprint density at radius 1 is 0.889 bits per heavy atom. The lowest BCUT2D eigenvalue weighted by Gasteiger charge is -2.14. The van der Waals surface area contributed by atoms with Gasteiger partial charge in [-0.25, -0.2) is 0 Å². The first-order chi connectivity index (χ1) is 12.7. The average Bonchev–Trinajstić information content (AvgIpc) is 2.69. The summed E-state index contributed by atoms with van der Waals surface area (Å²) in [5, 5.41) is 9.46. The van der Waals surface area contributed by atoms with E-state index in [0.29, 0.717) is 18.7 Å². The second-order valence-corrected chi connectivity index (χ2v) is 5.96. The van der Waals surface area contributed by atoms with Crippen LogP contribution in [-0.4, -0.2) is 25.5 Å². The molecule has 5 nitrogen and oxygen atoms in total. The van der Waals surface area contributed by atoms with Crippen LogP contribution in [0.2, 0.25) is 0 Å². The summed E-state index contributed by atoms with van der Waals surface area (Å²) >= 11 is 0. The van der Waals surface area contributed by atoms with Crippen molar-refractivity contribution in [3.05, 3.63) is 70.8 Å². The Balaban J connectivity index is 0.00000364. The van der Waals surface area contributed by atoms with Crippen LogP contribution in [-0.2, 0) is 19.5 Å². The quantitative estimate of drug-likeness (QED) is 0.323. The molecule has 0 radical (unpaired) electrons. The molecule has 3 N–H and O–H groups in total. The van der Waals surface area contributed by atoms with E-state index in [1.54, 1.807) is 7.05 Å². The zero-order chi connectivity index (χ0) is 18.8. The molecule has 1 amide bonds. The number of amides is 1. The van der Waals surface area contributed by atoms with Crippen molar-refractivity contribution in [1.82, 2.24) is 16.0 Å². The molecular weight excluding hydrogens is 451 g/mol. The molecule has 0 heterocycles. The van der Waals surface area contributed by atoms with Crippen LogP contribution >= 0.6 is 24.0 Å². The highest BCUT2D eigenvalue weighted by molar-refractivity contribution is 14.0. The van der Waals surface area contributed by atoms with Gasteiger partial charge in [0.05, 0.1) is 0 Å². The van der Waals surface area contributed by atoms with Crippen LogP contribution in [0.25, 0.3) is 0 Å². The minimum absolute atomic E-state index is 0. The first-order valence-electron chi connectivity index (χ1n) is 9.06. The highest BCUT2D eigenvalue weighted by atomic mass is 127. The molecule has 0 aliphatic rings. The molecule has 0 unspecified atom stereocenters. The van der Waals surface area contributed by atoms with Gasteiger partial charge in [0.15, 0.2) is 5.96 Å². The van der Waals surface area contributed by atoms with Crippen molar-refractivity contribution in [2.75, 3.05) is 13.6 Å². The Morgan fingerprint density at radius 2 is 1.52 bits per heavy atom. The fraction of sp³-hybridized carbons (Fsp3) is 0.333. The molecule has 0 aliphatic heterocycles. The molecule has 0 spiro atoms. The zero-order valence-corrected chi connectivity index (χ0v) is 18.5. The van der Waals surface area contributed by atoms with E-state index in [2.05, 4.69) is 52.1 Å². The molecule has 0 bridgehead atoms. The van der Waals surface area contributed by atoms with E-state index in [1.807, 2.05) is 31.2 Å². The van der Waals surface area contributed by atoms with Gasteiger partial charge in [0, 0.05) is 32.2 Å². The van der Waals surface area contributed by atoms with Crippen molar-refractivity contribution >= 4 is 35.8 Å². The summed E-state index contributed by atoms with van der Waals surface area (Å²) in [5.74, 6) is 0.711. The lowest BCUT2D eigenvalue weighted by molar-refractivity contribution is 0.0956. The Bertz CT molecular complexity index is 744. The average molecular weight is 480 g/mol. The maximum atomic E-state index is 11.8. The molecule has 0 atom stereocenters. The van der Waals surface area contributed by atoms with E-state index in [1.165, 1.54) is 11.1 Å². The second kappa shape index (κ2) is 12.3. The maximum absolute atomic E-state index is 11.8. The van der Waals surface area contributed by atoms with Crippen LogP contribution in [0.15, 0.2) is 53.5 Å². The van der Waals surface area contributed by atoms with Gasteiger partial charge in [-0.2, -0.15) is 0 Å². The summed E-state index contributed by atoms with van der Waals surface area (Å²) in [7, 11) is 1.76. The molecule has 27 heavy (non-hydrogen) atoms. The second-order valence-electron chi connectivity index (χ2n) is 5.96. The van der Waals surface area contributed by atoms with E-state index < -0.39 is 0 Å². The molecule has 6 heteroatoms. The first kappa shape index (κ1) is 23.0. The molecule has 2 aromatic rings. The summed E-state index contributed by atoms with van der Waals surface area (Å²) in [6.45, 7) is 6.08. The lowest BCUT2D eigenvalue weighted by atomic mass is 10.1. The molecule has 146 valence electrons. The van der Waals surface area contributed by atoms with Gasteiger partial charge in [-0.3, -0.25) is 9.79 Å². The summed E-state index contributed by atoms with van der Waals surface area (Å²) in [4.78, 5) is 16.1. The molecule has 0 aromatic heterocycles. The fourth-order valence-electron chi connectivity index (χ4n) is 2.70. The summed E-state index contributed by atoms with van der Waals surface area (Å²) in [5.41, 5.74) is 4.39. The van der Waals surface area contributed by atoms with Gasteiger partial charge >= 0.3 is 0 Å². The molecule has 0 saturated heterocycles. The Morgan fingerprint density at radius 3 is 2.11 bits per heavy atom. The minimum Gasteiger partial charge on any atom is -0.352 e. The molecule has 2 aromatic carbocycles. The molecule has 0 fully saturated rings. The molecule has 0 aliphatic carbocycles. The number of nitrogens with zero attached hydrogens (tertiary/aromatic N) is 1. The van der Waals surface area contributed by atoms with Crippen LogP contribution in [0.3, 0.4) is 0 Å². The SMILES string of the molecule is CCNC(=O)c1ccc(CNC(=NC)NCc2ccccc2CC)cc1.I. The van der Waals surface area contributed by atoms with Crippen LogP contribution in [0.5, 0.6) is 0 Å². The smallest absolute Gasteiger partial charge is 0.251 e. The van der Waals surface area contributed by atoms with Crippen LogP contribution in [0, 0.1) is 0 Å². The predicted molar refractivity (Wildman–Crippen MR) is 123 cm³/mol. The molecular formula is C21H29IN4O. The Labute approximate surface area is 179 Å². The summed E-state index contributed by atoms with van der Waals surface area (Å²) in [6.07, 6.45) is 1.02. The largest absolute Gasteiger partial charge is 0.352 e. The standard InChI is InChI=1S/C21H28N4O.HI/c1-4-17-8-6-7-9-19(17)15-25-21(22-3)24-14-16-10-12-18(13-11-16)20(26)23-5-2;/h6-13H,4-5,14-15H2,1-3H3,(H,23,26)(H2,22,24,25);1H. The zero-order valence-electron chi connectivity index (χ0n) is 16.2.